The molecule has 0 aliphatic carbocycles. The molecule has 22 heavy (non-hydrogen) atoms. The third-order valence-corrected chi connectivity index (χ3v) is 3.80. The average molecular weight is 303 g/mol. The molecule has 1 rings (SSSR count). The van der Waals surface area contributed by atoms with Crippen LogP contribution in [0.1, 0.15) is 52.0 Å². The van der Waals surface area contributed by atoms with E-state index in [4.69, 9.17) is 4.74 Å². The summed E-state index contributed by atoms with van der Waals surface area (Å²) in [6.07, 6.45) is 7.45. The first-order chi connectivity index (χ1) is 10.8. The predicted octanol–water partition coefficient (Wildman–Crippen LogP) is 5.05. The molecule has 0 aliphatic heterocycles. The lowest BCUT2D eigenvalue weighted by Crippen LogP contribution is -2.26. The van der Waals surface area contributed by atoms with E-state index in [2.05, 4.69) is 56.0 Å². The van der Waals surface area contributed by atoms with E-state index < -0.39 is 0 Å². The van der Waals surface area contributed by atoms with Crippen LogP contribution in [0.15, 0.2) is 42.0 Å². The van der Waals surface area contributed by atoms with E-state index in [1.54, 1.807) is 0 Å². The van der Waals surface area contributed by atoms with Crippen molar-refractivity contribution in [3.8, 4) is 0 Å². The molecule has 0 aliphatic rings. The van der Waals surface area contributed by atoms with Crippen LogP contribution < -0.4 is 0 Å². The van der Waals surface area contributed by atoms with Gasteiger partial charge in [-0.25, -0.2) is 0 Å². The van der Waals surface area contributed by atoms with Gasteiger partial charge in [0, 0.05) is 6.54 Å². The van der Waals surface area contributed by atoms with Gasteiger partial charge < -0.3 is 4.74 Å². The highest BCUT2D eigenvalue weighted by molar-refractivity contribution is 5.13. The Balaban J connectivity index is 2.28. The Morgan fingerprint density at radius 1 is 1.05 bits per heavy atom. The molecule has 1 aromatic carbocycles. The summed E-state index contributed by atoms with van der Waals surface area (Å²) >= 11 is 0. The molecule has 0 N–H and O–H groups in total. The van der Waals surface area contributed by atoms with Gasteiger partial charge in [0.25, 0.3) is 0 Å². The van der Waals surface area contributed by atoms with Crippen LogP contribution in [0, 0.1) is 0 Å². The number of nitrogens with zero attached hydrogens (tertiary/aromatic N) is 1. The summed E-state index contributed by atoms with van der Waals surface area (Å²) in [5, 5.41) is 0. The smallest absolute Gasteiger partial charge is 0.0721 e. The van der Waals surface area contributed by atoms with Crippen molar-refractivity contribution in [3.63, 3.8) is 0 Å². The first kappa shape index (κ1) is 18.9. The lowest BCUT2D eigenvalue weighted by Gasteiger charge is -2.20. The monoisotopic (exact) mass is 303 g/mol. The zero-order valence-corrected chi connectivity index (χ0v) is 14.7. The third kappa shape index (κ3) is 9.01. The molecule has 0 saturated carbocycles. The van der Waals surface area contributed by atoms with Crippen LogP contribution in [-0.2, 0) is 11.3 Å². The minimum atomic E-state index is 0.696. The summed E-state index contributed by atoms with van der Waals surface area (Å²) in [6, 6.07) is 10.4. The first-order valence-electron chi connectivity index (χ1n) is 8.75. The maximum Gasteiger partial charge on any atom is 0.0721 e. The number of rotatable bonds is 12. The molecular formula is C20H33NO. The van der Waals surface area contributed by atoms with Crippen molar-refractivity contribution >= 4 is 0 Å². The van der Waals surface area contributed by atoms with Gasteiger partial charge >= 0.3 is 0 Å². The van der Waals surface area contributed by atoms with Crippen LogP contribution in [0.3, 0.4) is 0 Å². The molecule has 0 saturated heterocycles. The molecular weight excluding hydrogens is 270 g/mol. The fourth-order valence-electron chi connectivity index (χ4n) is 2.31. The van der Waals surface area contributed by atoms with Gasteiger partial charge in [-0.2, -0.15) is 0 Å². The summed E-state index contributed by atoms with van der Waals surface area (Å²) < 4.78 is 5.79. The molecule has 124 valence electrons. The number of unbranched alkanes of at least 4 members (excludes halogenated alkanes) is 2. The Hall–Kier alpha value is -1.12. The van der Waals surface area contributed by atoms with Crippen molar-refractivity contribution in [1.82, 2.24) is 4.90 Å². The highest BCUT2D eigenvalue weighted by Crippen LogP contribution is 2.04. The van der Waals surface area contributed by atoms with Gasteiger partial charge in [0.1, 0.15) is 0 Å². The van der Waals surface area contributed by atoms with Gasteiger partial charge in [-0.3, -0.25) is 4.90 Å². The Morgan fingerprint density at radius 3 is 2.27 bits per heavy atom. The van der Waals surface area contributed by atoms with Gasteiger partial charge in [-0.15, -0.1) is 0 Å². The summed E-state index contributed by atoms with van der Waals surface area (Å²) in [7, 11) is 0. The maximum atomic E-state index is 5.79. The first-order valence-corrected chi connectivity index (χ1v) is 8.75. The van der Waals surface area contributed by atoms with E-state index in [-0.39, 0.29) is 0 Å². The predicted molar refractivity (Wildman–Crippen MR) is 96.1 cm³/mol. The fraction of sp³-hybridized carbons (Fsp3) is 0.600. The largest absolute Gasteiger partial charge is 0.372 e. The molecule has 2 heteroatoms. The van der Waals surface area contributed by atoms with Crippen molar-refractivity contribution in [2.45, 2.75) is 53.1 Å². The van der Waals surface area contributed by atoms with Crippen LogP contribution in [0.4, 0.5) is 0 Å². The average Bonchev–Trinajstić information content (AvgIpc) is 2.55. The lowest BCUT2D eigenvalue weighted by atomic mass is 10.2. The highest BCUT2D eigenvalue weighted by Gasteiger charge is 2.02. The molecule has 0 fully saturated rings. The zero-order chi connectivity index (χ0) is 16.0. The van der Waals surface area contributed by atoms with Crippen molar-refractivity contribution in [1.29, 1.82) is 0 Å². The Labute approximate surface area is 137 Å². The summed E-state index contributed by atoms with van der Waals surface area (Å²) in [4.78, 5) is 2.56. The van der Waals surface area contributed by atoms with Gasteiger partial charge in [-0.1, -0.05) is 68.7 Å². The summed E-state index contributed by atoms with van der Waals surface area (Å²) in [5.74, 6) is 0. The fourth-order valence-corrected chi connectivity index (χ4v) is 2.31. The van der Waals surface area contributed by atoms with E-state index in [0.29, 0.717) is 6.61 Å². The minimum absolute atomic E-state index is 0.696. The van der Waals surface area contributed by atoms with Crippen molar-refractivity contribution in [2.75, 3.05) is 26.2 Å². The topological polar surface area (TPSA) is 12.5 Å². The molecule has 0 spiro atoms. The normalized spacial score (nSPS) is 12.1. The zero-order valence-electron chi connectivity index (χ0n) is 14.7. The highest BCUT2D eigenvalue weighted by atomic mass is 16.5. The lowest BCUT2D eigenvalue weighted by molar-refractivity contribution is 0.142. The van der Waals surface area contributed by atoms with Crippen LogP contribution >= 0.6 is 0 Å². The third-order valence-electron chi connectivity index (χ3n) is 3.80. The molecule has 0 bridgehead atoms. The molecule has 0 atom stereocenters. The maximum absolute atomic E-state index is 5.79. The molecule has 0 radical (unpaired) electrons. The number of ether oxygens (including phenoxy) is 1. The van der Waals surface area contributed by atoms with E-state index >= 15 is 0 Å². The van der Waals surface area contributed by atoms with Gasteiger partial charge in [0.05, 0.1) is 13.2 Å². The summed E-state index contributed by atoms with van der Waals surface area (Å²) in [5.41, 5.74) is 2.57. The van der Waals surface area contributed by atoms with E-state index in [0.717, 1.165) is 13.2 Å². The van der Waals surface area contributed by atoms with Gasteiger partial charge in [0.2, 0.25) is 0 Å². The minimum Gasteiger partial charge on any atom is -0.372 e. The standard InChI is InChI=1S/C20H33NO/c1-4-6-14-21(15-7-5-2)16-13-19(3)17-22-18-20-11-9-8-10-12-20/h8-13H,4-7,14-18H2,1-3H3/b19-13+. The number of hydrogen-bond donors (Lipinski definition) is 0. The van der Waals surface area contributed by atoms with Gasteiger partial charge in [-0.05, 0) is 38.4 Å². The van der Waals surface area contributed by atoms with Crippen LogP contribution in [0.2, 0.25) is 0 Å². The van der Waals surface area contributed by atoms with Crippen LogP contribution in [-0.4, -0.2) is 31.1 Å². The molecule has 0 unspecified atom stereocenters. The number of hydrogen-bond acceptors (Lipinski definition) is 2. The van der Waals surface area contributed by atoms with E-state index in [1.165, 1.54) is 49.9 Å². The van der Waals surface area contributed by atoms with E-state index in [9.17, 15) is 0 Å². The molecule has 1 aromatic rings. The second-order valence-corrected chi connectivity index (χ2v) is 6.04. The SMILES string of the molecule is CCCCN(C/C=C(\C)COCc1ccccc1)CCCC. The van der Waals surface area contributed by atoms with Crippen LogP contribution in [0.5, 0.6) is 0 Å². The Morgan fingerprint density at radius 2 is 1.68 bits per heavy atom. The van der Waals surface area contributed by atoms with Crippen molar-refractivity contribution in [3.05, 3.63) is 47.5 Å². The number of benzene rings is 1. The van der Waals surface area contributed by atoms with Crippen molar-refractivity contribution in [2.24, 2.45) is 0 Å². The Kier molecular flexibility index (Phi) is 10.7. The second kappa shape index (κ2) is 12.4. The Bertz CT molecular complexity index is 391. The molecule has 0 amide bonds. The molecule has 0 heterocycles. The van der Waals surface area contributed by atoms with Crippen LogP contribution in [0.25, 0.3) is 0 Å². The molecule has 0 aromatic heterocycles. The second-order valence-electron chi connectivity index (χ2n) is 6.04. The molecule has 2 nitrogen and oxygen atoms in total. The quantitative estimate of drug-likeness (QED) is 0.501. The summed E-state index contributed by atoms with van der Waals surface area (Å²) in [6.45, 7) is 11.6. The van der Waals surface area contributed by atoms with Crippen molar-refractivity contribution < 1.29 is 4.74 Å². The van der Waals surface area contributed by atoms with Gasteiger partial charge in [0.15, 0.2) is 0 Å². The van der Waals surface area contributed by atoms with E-state index in [1.807, 2.05) is 6.07 Å².